The number of aliphatic carboxylic acids is 1. The molecule has 4 rings (SSSR count). The minimum atomic E-state index is -0.747. The fourth-order valence-corrected chi connectivity index (χ4v) is 4.18. The molecule has 0 aromatic carbocycles. The first kappa shape index (κ1) is 23.6. The molecule has 3 aromatic heterocycles. The Balaban J connectivity index is 1.48. The van der Waals surface area contributed by atoms with E-state index in [0.717, 1.165) is 29.9 Å². The van der Waals surface area contributed by atoms with Crippen LogP contribution in [0.5, 0.6) is 5.75 Å². The highest BCUT2D eigenvalue weighted by atomic mass is 16.5. The van der Waals surface area contributed by atoms with Crippen LogP contribution in [0.4, 0.5) is 5.95 Å². The number of carboxylic acids is 1. The van der Waals surface area contributed by atoms with E-state index < -0.39 is 5.97 Å². The van der Waals surface area contributed by atoms with Crippen LogP contribution in [0.1, 0.15) is 62.5 Å². The van der Waals surface area contributed by atoms with Crippen molar-refractivity contribution in [1.29, 1.82) is 0 Å². The van der Waals surface area contributed by atoms with Gasteiger partial charge in [-0.1, -0.05) is 19.1 Å². The Morgan fingerprint density at radius 1 is 1.26 bits per heavy atom. The summed E-state index contributed by atoms with van der Waals surface area (Å²) in [4.78, 5) is 24.9. The predicted molar refractivity (Wildman–Crippen MR) is 126 cm³/mol. The topological polar surface area (TPSA) is 128 Å². The van der Waals surface area contributed by atoms with Crippen molar-refractivity contribution in [2.24, 2.45) is 13.0 Å². The number of anilines is 1. The monoisotopic (exact) mass is 465 g/mol. The molecule has 10 heteroatoms. The Morgan fingerprint density at radius 2 is 2.09 bits per heavy atom. The molecule has 0 spiro atoms. The lowest BCUT2D eigenvalue weighted by Crippen LogP contribution is -2.29. The van der Waals surface area contributed by atoms with Crippen LogP contribution >= 0.6 is 0 Å². The van der Waals surface area contributed by atoms with E-state index in [1.54, 1.807) is 10.9 Å². The fraction of sp³-hybridized carbons (Fsp3) is 0.500. The van der Waals surface area contributed by atoms with Gasteiger partial charge in [-0.2, -0.15) is 0 Å². The first-order valence-corrected chi connectivity index (χ1v) is 11.6. The number of aromatic nitrogens is 6. The van der Waals surface area contributed by atoms with Crippen LogP contribution in [-0.4, -0.2) is 47.1 Å². The lowest BCUT2D eigenvalue weighted by Gasteiger charge is -2.27. The number of hydrogen-bond acceptors (Lipinski definition) is 8. The Morgan fingerprint density at radius 3 is 2.82 bits per heavy atom. The largest absolute Gasteiger partial charge is 0.489 e. The van der Waals surface area contributed by atoms with Crippen LogP contribution in [0, 0.1) is 12.8 Å². The lowest BCUT2D eigenvalue weighted by atomic mass is 9.87. The average Bonchev–Trinajstić information content (AvgIpc) is 3.19. The Labute approximate surface area is 198 Å². The third kappa shape index (κ3) is 5.32. The molecule has 1 fully saturated rings. The maximum Gasteiger partial charge on any atom is 0.306 e. The molecule has 10 nitrogen and oxygen atoms in total. The van der Waals surface area contributed by atoms with Crippen LogP contribution in [0.3, 0.4) is 0 Å². The summed E-state index contributed by atoms with van der Waals surface area (Å²) >= 11 is 0. The Bertz CT molecular complexity index is 1160. The quantitative estimate of drug-likeness (QED) is 0.511. The number of carbonyl (C=O) groups is 1. The number of rotatable bonds is 8. The Kier molecular flexibility index (Phi) is 7.04. The van der Waals surface area contributed by atoms with Crippen LogP contribution in [-0.2, 0) is 18.4 Å². The summed E-state index contributed by atoms with van der Waals surface area (Å²) in [5, 5.41) is 21.1. The van der Waals surface area contributed by atoms with Gasteiger partial charge in [-0.05, 0) is 56.7 Å². The summed E-state index contributed by atoms with van der Waals surface area (Å²) in [6.07, 6.45) is 4.58. The predicted octanol–water partition coefficient (Wildman–Crippen LogP) is 3.73. The molecular formula is C24H31N7O3. The maximum atomic E-state index is 11.3. The highest BCUT2D eigenvalue weighted by Crippen LogP contribution is 2.30. The maximum absolute atomic E-state index is 11.3. The molecular weight excluding hydrogens is 434 g/mol. The minimum Gasteiger partial charge on any atom is -0.489 e. The first-order chi connectivity index (χ1) is 16.3. The second kappa shape index (κ2) is 10.1. The van der Waals surface area contributed by atoms with Gasteiger partial charge in [0, 0.05) is 18.9 Å². The summed E-state index contributed by atoms with van der Waals surface area (Å²) in [5.41, 5.74) is 3.93. The van der Waals surface area contributed by atoms with Crippen molar-refractivity contribution >= 4 is 11.9 Å². The number of ether oxygens (including phenoxy) is 1. The molecule has 34 heavy (non-hydrogen) atoms. The van der Waals surface area contributed by atoms with Crippen molar-refractivity contribution in [2.75, 3.05) is 5.32 Å². The summed E-state index contributed by atoms with van der Waals surface area (Å²) in [6.45, 7) is 6.51. The molecule has 3 heterocycles. The zero-order valence-electron chi connectivity index (χ0n) is 20.0. The molecule has 0 saturated heterocycles. The summed E-state index contributed by atoms with van der Waals surface area (Å²) < 4.78 is 7.85. The van der Waals surface area contributed by atoms with E-state index in [2.05, 4.69) is 39.4 Å². The average molecular weight is 466 g/mol. The van der Waals surface area contributed by atoms with E-state index in [1.807, 2.05) is 32.2 Å². The molecule has 0 bridgehead atoms. The van der Waals surface area contributed by atoms with Gasteiger partial charge in [0.1, 0.15) is 11.4 Å². The van der Waals surface area contributed by atoms with Gasteiger partial charge in [0.05, 0.1) is 35.6 Å². The minimum absolute atomic E-state index is 0.112. The van der Waals surface area contributed by atoms with E-state index in [1.165, 1.54) is 0 Å². The highest BCUT2D eigenvalue weighted by Gasteiger charge is 2.28. The second-order valence-electron chi connectivity index (χ2n) is 9.04. The summed E-state index contributed by atoms with van der Waals surface area (Å²) in [6, 6.07) is 5.66. The van der Waals surface area contributed by atoms with Gasteiger partial charge in [0.2, 0.25) is 5.95 Å². The third-order valence-corrected chi connectivity index (χ3v) is 6.17. The van der Waals surface area contributed by atoms with Crippen molar-refractivity contribution in [2.45, 2.75) is 65.0 Å². The molecule has 1 saturated carbocycles. The van der Waals surface area contributed by atoms with Gasteiger partial charge in [-0.15, -0.1) is 5.10 Å². The molecule has 1 aliphatic carbocycles. The highest BCUT2D eigenvalue weighted by molar-refractivity contribution is 5.70. The van der Waals surface area contributed by atoms with Gasteiger partial charge in [0.15, 0.2) is 0 Å². The molecule has 0 aliphatic heterocycles. The zero-order valence-corrected chi connectivity index (χ0v) is 20.0. The molecule has 0 unspecified atom stereocenters. The van der Waals surface area contributed by atoms with Crippen molar-refractivity contribution in [1.82, 2.24) is 29.9 Å². The number of aryl methyl sites for hydroxylation is 2. The molecule has 0 amide bonds. The van der Waals surface area contributed by atoms with Gasteiger partial charge >= 0.3 is 5.97 Å². The zero-order chi connectivity index (χ0) is 24.2. The standard InChI is InChI=1S/C24H31N7O3/c1-14(2)18-10-11-25-24(28-18)26-13-20-22(29-30-31(20)4)19-8-9-21(15(3)27-19)34-17-7-5-6-16(12-17)23(32)33/h8-11,14,16-17H,5-7,12-13H2,1-4H3,(H,32,33)(H,25,26,28)/t16-,17-/m0/s1. The normalized spacial score (nSPS) is 18.1. The van der Waals surface area contributed by atoms with Crippen molar-refractivity contribution in [3.8, 4) is 17.1 Å². The lowest BCUT2D eigenvalue weighted by molar-refractivity contribution is -0.143. The van der Waals surface area contributed by atoms with E-state index in [9.17, 15) is 9.90 Å². The molecule has 1 aliphatic rings. The van der Waals surface area contributed by atoms with Gasteiger partial charge in [-0.25, -0.2) is 19.6 Å². The molecule has 180 valence electrons. The van der Waals surface area contributed by atoms with Gasteiger partial charge in [0.25, 0.3) is 0 Å². The van der Waals surface area contributed by atoms with Crippen LogP contribution in [0.2, 0.25) is 0 Å². The molecule has 2 N–H and O–H groups in total. The number of hydrogen-bond donors (Lipinski definition) is 2. The van der Waals surface area contributed by atoms with Crippen LogP contribution in [0.25, 0.3) is 11.4 Å². The summed E-state index contributed by atoms with van der Waals surface area (Å²) in [5.74, 6) is 0.449. The van der Waals surface area contributed by atoms with Gasteiger partial charge in [-0.3, -0.25) is 4.79 Å². The number of nitrogens with one attached hydrogen (secondary N) is 1. The second-order valence-corrected chi connectivity index (χ2v) is 9.04. The van der Waals surface area contributed by atoms with E-state index >= 15 is 0 Å². The van der Waals surface area contributed by atoms with Crippen molar-refractivity contribution in [3.63, 3.8) is 0 Å². The molecule has 3 aromatic rings. The number of pyridine rings is 1. The van der Waals surface area contributed by atoms with E-state index in [4.69, 9.17) is 9.72 Å². The first-order valence-electron chi connectivity index (χ1n) is 11.6. The smallest absolute Gasteiger partial charge is 0.306 e. The van der Waals surface area contributed by atoms with E-state index in [-0.39, 0.29) is 12.0 Å². The SMILES string of the molecule is Cc1nc(-c2nnn(C)c2CNc2nccc(C(C)C)n2)ccc1O[C@H]1CCC[C@H](C(=O)O)C1. The molecule has 0 radical (unpaired) electrons. The fourth-order valence-electron chi connectivity index (χ4n) is 4.18. The van der Waals surface area contributed by atoms with Crippen molar-refractivity contribution in [3.05, 3.63) is 41.5 Å². The van der Waals surface area contributed by atoms with Crippen molar-refractivity contribution < 1.29 is 14.6 Å². The van der Waals surface area contributed by atoms with Crippen LogP contribution in [0.15, 0.2) is 24.4 Å². The Hall–Kier alpha value is -3.56. The molecule has 2 atom stereocenters. The van der Waals surface area contributed by atoms with Crippen LogP contribution < -0.4 is 10.1 Å². The number of carboxylic acid groups (broad SMARTS) is 1. The van der Waals surface area contributed by atoms with E-state index in [0.29, 0.717) is 48.4 Å². The number of nitrogens with zero attached hydrogens (tertiary/aromatic N) is 6. The van der Waals surface area contributed by atoms with Gasteiger partial charge < -0.3 is 15.2 Å². The third-order valence-electron chi connectivity index (χ3n) is 6.17. The summed E-state index contributed by atoms with van der Waals surface area (Å²) in [7, 11) is 1.84.